The zero-order valence-electron chi connectivity index (χ0n) is 20.0. The van der Waals surface area contributed by atoms with Crippen LogP contribution in [-0.4, -0.2) is 33.6 Å². The van der Waals surface area contributed by atoms with Crippen molar-refractivity contribution in [3.05, 3.63) is 83.4 Å². The molecule has 2 aliphatic carbocycles. The molecule has 2 N–H and O–H groups in total. The summed E-state index contributed by atoms with van der Waals surface area (Å²) in [7, 11) is -3.92. The average Bonchev–Trinajstić information content (AvgIpc) is 3.24. The van der Waals surface area contributed by atoms with Gasteiger partial charge in [-0.1, -0.05) is 19.9 Å². The maximum atomic E-state index is 14.5. The molecule has 2 aliphatic rings. The SMILES string of the molecule is CC1(C)[C@H]2CC[C@]1(c1ccnc(-c3ccc(S(N)(=O)=O)nc3)n1)c1nnc(-c3c(F)cccc3F)cc12. The number of rotatable bonds is 4. The van der Waals surface area contributed by atoms with Crippen molar-refractivity contribution in [2.45, 2.75) is 43.0 Å². The van der Waals surface area contributed by atoms with Crippen molar-refractivity contribution in [1.82, 2.24) is 25.1 Å². The number of nitrogens with two attached hydrogens (primary N) is 1. The smallest absolute Gasteiger partial charge is 0.243 e. The Bertz CT molecular complexity index is 1660. The summed E-state index contributed by atoms with van der Waals surface area (Å²) in [4.78, 5) is 13.2. The second-order valence-electron chi connectivity index (χ2n) is 10.0. The first-order chi connectivity index (χ1) is 17.5. The summed E-state index contributed by atoms with van der Waals surface area (Å²) in [6.07, 6.45) is 4.66. The first kappa shape index (κ1) is 23.7. The highest BCUT2D eigenvalue weighted by molar-refractivity contribution is 7.89. The van der Waals surface area contributed by atoms with Crippen LogP contribution in [0.15, 0.2) is 59.9 Å². The number of sulfonamides is 1. The molecule has 6 rings (SSSR count). The maximum Gasteiger partial charge on any atom is 0.255 e. The van der Waals surface area contributed by atoms with Crippen molar-refractivity contribution >= 4 is 10.0 Å². The Kier molecular flexibility index (Phi) is 5.06. The Labute approximate surface area is 212 Å². The Morgan fingerprint density at radius 1 is 1.03 bits per heavy atom. The lowest BCUT2D eigenvalue weighted by Crippen LogP contribution is -2.38. The van der Waals surface area contributed by atoms with E-state index in [2.05, 4.69) is 34.0 Å². The van der Waals surface area contributed by atoms with Crippen LogP contribution in [0.5, 0.6) is 0 Å². The van der Waals surface area contributed by atoms with E-state index in [9.17, 15) is 17.2 Å². The number of aromatic nitrogens is 5. The standard InChI is InChI=1S/C26H22F2N6O2S/c1-25(2)16-8-10-26(25,23-15(16)12-19(33-34-23)22-17(27)4-3-5-18(22)28)20-9-11-30-24(32-20)14-6-7-21(31-13-14)37(29,35)36/h3-7,9,11-13,16H,8,10H2,1-2H3,(H2,29,35,36)/t16-,26-/m0/s1. The second-order valence-corrected chi connectivity index (χ2v) is 11.6. The number of benzene rings is 1. The summed E-state index contributed by atoms with van der Waals surface area (Å²) in [6.45, 7) is 4.31. The van der Waals surface area contributed by atoms with Gasteiger partial charge >= 0.3 is 0 Å². The van der Waals surface area contributed by atoms with Gasteiger partial charge in [-0.25, -0.2) is 37.3 Å². The minimum absolute atomic E-state index is 0.0979. The van der Waals surface area contributed by atoms with E-state index in [1.165, 1.54) is 30.5 Å². The Balaban J connectivity index is 1.47. The first-order valence-electron chi connectivity index (χ1n) is 11.7. The van der Waals surface area contributed by atoms with E-state index in [4.69, 9.17) is 10.1 Å². The van der Waals surface area contributed by atoms with E-state index in [0.29, 0.717) is 11.4 Å². The molecule has 0 saturated heterocycles. The molecule has 0 unspecified atom stereocenters. The van der Waals surface area contributed by atoms with E-state index < -0.39 is 27.1 Å². The molecule has 1 saturated carbocycles. The van der Waals surface area contributed by atoms with E-state index in [0.717, 1.165) is 29.8 Å². The minimum atomic E-state index is -3.92. The summed E-state index contributed by atoms with van der Waals surface area (Å²) in [5.74, 6) is -0.894. The molecule has 188 valence electrons. The largest absolute Gasteiger partial charge is 0.255 e. The molecular formula is C26H22F2N6O2S. The Hall–Kier alpha value is -3.70. The monoisotopic (exact) mass is 520 g/mol. The summed E-state index contributed by atoms with van der Waals surface area (Å²) in [6, 6.07) is 10.2. The quantitative estimate of drug-likeness (QED) is 0.429. The molecule has 3 heterocycles. The molecule has 2 bridgehead atoms. The van der Waals surface area contributed by atoms with E-state index >= 15 is 0 Å². The predicted octanol–water partition coefficient (Wildman–Crippen LogP) is 4.12. The number of nitrogens with zero attached hydrogens (tertiary/aromatic N) is 5. The molecule has 11 heteroatoms. The zero-order chi connectivity index (χ0) is 26.2. The molecule has 3 aromatic heterocycles. The van der Waals surface area contributed by atoms with Crippen molar-refractivity contribution in [1.29, 1.82) is 0 Å². The van der Waals surface area contributed by atoms with Crippen molar-refractivity contribution in [2.75, 3.05) is 0 Å². The van der Waals surface area contributed by atoms with Crippen molar-refractivity contribution < 1.29 is 17.2 Å². The van der Waals surface area contributed by atoms with Crippen LogP contribution < -0.4 is 5.14 Å². The van der Waals surface area contributed by atoms with Crippen molar-refractivity contribution in [2.24, 2.45) is 10.6 Å². The summed E-state index contributed by atoms with van der Waals surface area (Å²) in [5.41, 5.74) is 2.04. The number of pyridine rings is 1. The molecule has 1 aromatic carbocycles. The Morgan fingerprint density at radius 3 is 2.46 bits per heavy atom. The first-order valence-corrected chi connectivity index (χ1v) is 13.2. The highest BCUT2D eigenvalue weighted by atomic mass is 32.2. The van der Waals surface area contributed by atoms with E-state index in [1.54, 1.807) is 18.3 Å². The van der Waals surface area contributed by atoms with Crippen LogP contribution in [-0.2, 0) is 15.4 Å². The van der Waals surface area contributed by atoms with Gasteiger partial charge in [-0.3, -0.25) is 0 Å². The van der Waals surface area contributed by atoms with Gasteiger partial charge in [-0.15, -0.1) is 5.10 Å². The third kappa shape index (κ3) is 3.33. The lowest BCUT2D eigenvalue weighted by Gasteiger charge is -2.37. The molecular weight excluding hydrogens is 498 g/mol. The van der Waals surface area contributed by atoms with Gasteiger partial charge in [0.2, 0.25) is 0 Å². The van der Waals surface area contributed by atoms with Crippen LogP contribution in [0.4, 0.5) is 8.78 Å². The molecule has 8 nitrogen and oxygen atoms in total. The van der Waals surface area contributed by atoms with Gasteiger partial charge in [0, 0.05) is 18.0 Å². The highest BCUT2D eigenvalue weighted by Crippen LogP contribution is 2.69. The second kappa shape index (κ2) is 7.90. The highest BCUT2D eigenvalue weighted by Gasteiger charge is 2.65. The molecule has 4 aromatic rings. The third-order valence-electron chi connectivity index (χ3n) is 7.98. The fourth-order valence-corrected chi connectivity index (χ4v) is 6.63. The number of primary sulfonamides is 1. The van der Waals surface area contributed by atoms with Crippen LogP contribution in [0.1, 0.15) is 49.6 Å². The summed E-state index contributed by atoms with van der Waals surface area (Å²) < 4.78 is 52.1. The van der Waals surface area contributed by atoms with Crippen LogP contribution >= 0.6 is 0 Å². The molecule has 0 spiro atoms. The maximum absolute atomic E-state index is 14.5. The normalized spacial score (nSPS) is 21.7. The fraction of sp³-hybridized carbons (Fsp3) is 0.269. The Morgan fingerprint density at radius 2 is 1.78 bits per heavy atom. The van der Waals surface area contributed by atoms with Crippen LogP contribution in [0.3, 0.4) is 0 Å². The molecule has 0 amide bonds. The number of hydrogen-bond donors (Lipinski definition) is 1. The van der Waals surface area contributed by atoms with Crippen molar-refractivity contribution in [3.63, 3.8) is 0 Å². The molecule has 37 heavy (non-hydrogen) atoms. The topological polar surface area (TPSA) is 125 Å². The third-order valence-corrected chi connectivity index (χ3v) is 8.80. The minimum Gasteiger partial charge on any atom is -0.243 e. The molecule has 0 radical (unpaired) electrons. The van der Waals surface area contributed by atoms with Crippen molar-refractivity contribution in [3.8, 4) is 22.6 Å². The number of fused-ring (bicyclic) bond motifs is 5. The van der Waals surface area contributed by atoms with Gasteiger partial charge in [0.15, 0.2) is 10.9 Å². The zero-order valence-corrected chi connectivity index (χ0v) is 20.8. The summed E-state index contributed by atoms with van der Waals surface area (Å²) >= 11 is 0. The number of halogens is 2. The lowest BCUT2D eigenvalue weighted by molar-refractivity contribution is 0.243. The summed E-state index contributed by atoms with van der Waals surface area (Å²) in [5, 5.41) is 13.7. The van der Waals surface area contributed by atoms with Gasteiger partial charge in [-0.05, 0) is 66.1 Å². The van der Waals surface area contributed by atoms with Crippen LogP contribution in [0.2, 0.25) is 0 Å². The lowest BCUT2D eigenvalue weighted by atomic mass is 9.66. The molecule has 0 aliphatic heterocycles. The molecule has 1 fully saturated rings. The molecule has 2 atom stereocenters. The van der Waals surface area contributed by atoms with Gasteiger partial charge in [0.1, 0.15) is 11.6 Å². The predicted molar refractivity (Wildman–Crippen MR) is 131 cm³/mol. The number of hydrogen-bond acceptors (Lipinski definition) is 7. The van der Waals surface area contributed by atoms with Gasteiger partial charge in [0.25, 0.3) is 10.0 Å². The van der Waals surface area contributed by atoms with E-state index in [1.807, 2.05) is 6.07 Å². The van der Waals surface area contributed by atoms with Gasteiger partial charge in [-0.2, -0.15) is 5.10 Å². The van der Waals surface area contributed by atoms with Crippen LogP contribution in [0, 0.1) is 17.0 Å². The fourth-order valence-electron chi connectivity index (χ4n) is 6.17. The van der Waals surface area contributed by atoms with E-state index in [-0.39, 0.29) is 27.6 Å². The van der Waals surface area contributed by atoms with Crippen LogP contribution in [0.25, 0.3) is 22.6 Å². The van der Waals surface area contributed by atoms with Gasteiger partial charge in [0.05, 0.1) is 28.1 Å². The van der Waals surface area contributed by atoms with Gasteiger partial charge < -0.3 is 0 Å². The average molecular weight is 521 g/mol.